The normalized spacial score (nSPS) is 13.4. The van der Waals surface area contributed by atoms with E-state index < -0.39 is 6.10 Å². The Morgan fingerprint density at radius 1 is 1.09 bits per heavy atom. The summed E-state index contributed by atoms with van der Waals surface area (Å²) in [5, 5.41) is 19.2. The van der Waals surface area contributed by atoms with Crippen molar-refractivity contribution in [1.82, 2.24) is 4.90 Å². The standard InChI is InChI=1S/C19H22N2O2/c1-14(16-8-10-18(23-3)11-9-16)21(2)13-19(22)17-6-4-15(12-20)5-7-17/h4-11,14,19,22H,13H2,1-3H3. The molecular weight excluding hydrogens is 288 g/mol. The van der Waals surface area contributed by atoms with Gasteiger partial charge < -0.3 is 9.84 Å². The van der Waals surface area contributed by atoms with Gasteiger partial charge in [-0.15, -0.1) is 0 Å². The molecule has 0 heterocycles. The second-order valence-electron chi connectivity index (χ2n) is 5.64. The number of nitrogens with zero attached hydrogens (tertiary/aromatic N) is 2. The van der Waals surface area contributed by atoms with E-state index in [4.69, 9.17) is 10.00 Å². The number of ether oxygens (including phenoxy) is 1. The van der Waals surface area contributed by atoms with E-state index in [1.54, 1.807) is 31.4 Å². The Kier molecular flexibility index (Phi) is 5.75. The minimum absolute atomic E-state index is 0.175. The number of aliphatic hydroxyl groups is 1. The van der Waals surface area contributed by atoms with Crippen LogP contribution in [0.2, 0.25) is 0 Å². The zero-order valence-electron chi connectivity index (χ0n) is 13.7. The molecule has 0 saturated carbocycles. The van der Waals surface area contributed by atoms with Crippen LogP contribution in [0.3, 0.4) is 0 Å². The molecule has 23 heavy (non-hydrogen) atoms. The number of hydrogen-bond acceptors (Lipinski definition) is 4. The Morgan fingerprint density at radius 3 is 2.17 bits per heavy atom. The van der Waals surface area contributed by atoms with Crippen LogP contribution in [0.25, 0.3) is 0 Å². The lowest BCUT2D eigenvalue weighted by Gasteiger charge is -2.27. The van der Waals surface area contributed by atoms with Gasteiger partial charge in [0.25, 0.3) is 0 Å². The number of benzene rings is 2. The molecule has 4 nitrogen and oxygen atoms in total. The van der Waals surface area contributed by atoms with E-state index in [1.807, 2.05) is 31.3 Å². The van der Waals surface area contributed by atoms with Crippen molar-refractivity contribution in [3.63, 3.8) is 0 Å². The summed E-state index contributed by atoms with van der Waals surface area (Å²) in [4.78, 5) is 2.10. The molecular formula is C19H22N2O2. The number of hydrogen-bond donors (Lipinski definition) is 1. The van der Waals surface area contributed by atoms with Gasteiger partial charge in [-0.25, -0.2) is 0 Å². The molecule has 120 valence electrons. The van der Waals surface area contributed by atoms with Crippen LogP contribution in [0.4, 0.5) is 0 Å². The van der Waals surface area contributed by atoms with Crippen molar-refractivity contribution in [1.29, 1.82) is 5.26 Å². The van der Waals surface area contributed by atoms with Gasteiger partial charge in [-0.1, -0.05) is 24.3 Å². The molecule has 2 rings (SSSR count). The van der Waals surface area contributed by atoms with Crippen molar-refractivity contribution in [2.45, 2.75) is 19.1 Å². The molecule has 0 aliphatic heterocycles. The average molecular weight is 310 g/mol. The van der Waals surface area contributed by atoms with Gasteiger partial charge in [0.15, 0.2) is 0 Å². The fourth-order valence-electron chi connectivity index (χ4n) is 2.45. The molecule has 2 aromatic carbocycles. The van der Waals surface area contributed by atoms with Gasteiger partial charge in [-0.2, -0.15) is 5.26 Å². The maximum Gasteiger partial charge on any atom is 0.118 e. The van der Waals surface area contributed by atoms with Crippen LogP contribution in [0.1, 0.15) is 35.8 Å². The monoisotopic (exact) mass is 310 g/mol. The zero-order chi connectivity index (χ0) is 16.8. The molecule has 0 aliphatic carbocycles. The fourth-order valence-corrected chi connectivity index (χ4v) is 2.45. The van der Waals surface area contributed by atoms with E-state index in [2.05, 4.69) is 17.9 Å². The first-order valence-electron chi connectivity index (χ1n) is 7.57. The summed E-state index contributed by atoms with van der Waals surface area (Å²) >= 11 is 0. The molecule has 0 radical (unpaired) electrons. The van der Waals surface area contributed by atoms with Crippen LogP contribution in [-0.2, 0) is 0 Å². The van der Waals surface area contributed by atoms with E-state index in [-0.39, 0.29) is 6.04 Å². The van der Waals surface area contributed by atoms with Gasteiger partial charge in [-0.3, -0.25) is 4.90 Å². The van der Waals surface area contributed by atoms with Crippen LogP contribution in [-0.4, -0.2) is 30.7 Å². The van der Waals surface area contributed by atoms with Crippen LogP contribution in [0.5, 0.6) is 5.75 Å². The summed E-state index contributed by atoms with van der Waals surface area (Å²) in [6.45, 7) is 2.62. The van der Waals surface area contributed by atoms with Crippen molar-refractivity contribution in [3.05, 3.63) is 65.2 Å². The highest BCUT2D eigenvalue weighted by atomic mass is 16.5. The van der Waals surface area contributed by atoms with E-state index in [9.17, 15) is 5.11 Å². The number of rotatable bonds is 6. The zero-order valence-corrected chi connectivity index (χ0v) is 13.7. The Morgan fingerprint density at radius 2 is 1.65 bits per heavy atom. The fraction of sp³-hybridized carbons (Fsp3) is 0.316. The quantitative estimate of drug-likeness (QED) is 0.889. The first-order valence-corrected chi connectivity index (χ1v) is 7.57. The first-order chi connectivity index (χ1) is 11.0. The van der Waals surface area contributed by atoms with E-state index in [0.29, 0.717) is 12.1 Å². The summed E-state index contributed by atoms with van der Waals surface area (Å²) in [5.74, 6) is 0.834. The Bertz CT molecular complexity index is 659. The summed E-state index contributed by atoms with van der Waals surface area (Å²) in [7, 11) is 3.64. The van der Waals surface area contributed by atoms with Gasteiger partial charge in [0.05, 0.1) is 24.8 Å². The molecule has 0 fully saturated rings. The second kappa shape index (κ2) is 7.77. The van der Waals surface area contributed by atoms with Crippen molar-refractivity contribution >= 4 is 0 Å². The van der Waals surface area contributed by atoms with Crippen LogP contribution in [0.15, 0.2) is 48.5 Å². The van der Waals surface area contributed by atoms with Gasteiger partial charge in [0.2, 0.25) is 0 Å². The van der Waals surface area contributed by atoms with Gasteiger partial charge in [0, 0.05) is 12.6 Å². The van der Waals surface area contributed by atoms with Crippen LogP contribution >= 0.6 is 0 Å². The average Bonchev–Trinajstić information content (AvgIpc) is 2.61. The minimum Gasteiger partial charge on any atom is -0.497 e. The van der Waals surface area contributed by atoms with Crippen molar-refractivity contribution in [3.8, 4) is 11.8 Å². The number of likely N-dealkylation sites (N-methyl/N-ethyl adjacent to an activating group) is 1. The lowest BCUT2D eigenvalue weighted by Crippen LogP contribution is -2.27. The molecule has 0 aliphatic rings. The summed E-state index contributed by atoms with van der Waals surface area (Å²) in [6.07, 6.45) is -0.589. The summed E-state index contributed by atoms with van der Waals surface area (Å²) < 4.78 is 5.17. The summed E-state index contributed by atoms with van der Waals surface area (Å²) in [5.41, 5.74) is 2.58. The maximum absolute atomic E-state index is 10.4. The molecule has 2 aromatic rings. The van der Waals surface area contributed by atoms with Crippen LogP contribution in [0, 0.1) is 11.3 Å². The largest absolute Gasteiger partial charge is 0.497 e. The van der Waals surface area contributed by atoms with E-state index >= 15 is 0 Å². The van der Waals surface area contributed by atoms with Crippen LogP contribution < -0.4 is 4.74 Å². The third kappa shape index (κ3) is 4.32. The molecule has 0 saturated heterocycles. The van der Waals surface area contributed by atoms with Gasteiger partial charge >= 0.3 is 0 Å². The predicted octanol–water partition coefficient (Wildman–Crippen LogP) is 3.29. The third-order valence-corrected chi connectivity index (χ3v) is 4.14. The molecule has 0 amide bonds. The van der Waals surface area contributed by atoms with E-state index in [0.717, 1.165) is 11.3 Å². The molecule has 0 aromatic heterocycles. The highest BCUT2D eigenvalue weighted by Crippen LogP contribution is 2.24. The van der Waals surface area contributed by atoms with Crippen molar-refractivity contribution in [2.24, 2.45) is 0 Å². The smallest absolute Gasteiger partial charge is 0.118 e. The topological polar surface area (TPSA) is 56.5 Å². The Balaban J connectivity index is 2.01. The minimum atomic E-state index is -0.589. The highest BCUT2D eigenvalue weighted by Gasteiger charge is 2.16. The van der Waals surface area contributed by atoms with Gasteiger partial charge in [0.1, 0.15) is 5.75 Å². The molecule has 1 N–H and O–H groups in total. The summed E-state index contributed by atoms with van der Waals surface area (Å²) in [6, 6.07) is 17.3. The molecule has 4 heteroatoms. The third-order valence-electron chi connectivity index (χ3n) is 4.14. The number of methoxy groups -OCH3 is 1. The SMILES string of the molecule is COc1ccc(C(C)N(C)CC(O)c2ccc(C#N)cc2)cc1. The Hall–Kier alpha value is -2.35. The van der Waals surface area contributed by atoms with Crippen molar-refractivity contribution in [2.75, 3.05) is 20.7 Å². The highest BCUT2D eigenvalue weighted by molar-refractivity contribution is 5.32. The van der Waals surface area contributed by atoms with Crippen molar-refractivity contribution < 1.29 is 9.84 Å². The molecule has 2 atom stereocenters. The first kappa shape index (κ1) is 17.0. The molecule has 0 bridgehead atoms. The number of aliphatic hydroxyl groups excluding tert-OH is 1. The maximum atomic E-state index is 10.4. The molecule has 2 unspecified atom stereocenters. The second-order valence-corrected chi connectivity index (χ2v) is 5.64. The van der Waals surface area contributed by atoms with E-state index in [1.165, 1.54) is 5.56 Å². The lowest BCUT2D eigenvalue weighted by atomic mass is 10.0. The lowest BCUT2D eigenvalue weighted by molar-refractivity contribution is 0.108. The predicted molar refractivity (Wildman–Crippen MR) is 90.2 cm³/mol. The number of nitriles is 1. The van der Waals surface area contributed by atoms with Gasteiger partial charge in [-0.05, 0) is 49.4 Å². The Labute approximate surface area is 137 Å². The molecule has 0 spiro atoms.